The number of rotatable bonds is 5. The van der Waals surface area contributed by atoms with Gasteiger partial charge in [0.1, 0.15) is 0 Å². The van der Waals surface area contributed by atoms with Gasteiger partial charge in [-0.15, -0.1) is 0 Å². The number of Topliss-reactive ketones (excluding diaryl/α,β-unsaturated/α-hetero) is 1. The van der Waals surface area contributed by atoms with Gasteiger partial charge in [-0.05, 0) is 23.8 Å². The van der Waals surface area contributed by atoms with Gasteiger partial charge in [0.2, 0.25) is 0 Å². The van der Waals surface area contributed by atoms with Crippen LogP contribution in [0.5, 0.6) is 0 Å². The molecule has 1 fully saturated rings. The summed E-state index contributed by atoms with van der Waals surface area (Å²) in [7, 11) is 0. The number of ketones is 1. The van der Waals surface area contributed by atoms with Crippen molar-refractivity contribution >= 4 is 35.3 Å². The lowest BCUT2D eigenvalue weighted by atomic mass is 10.1. The Morgan fingerprint density at radius 2 is 1.87 bits per heavy atom. The highest BCUT2D eigenvalue weighted by Crippen LogP contribution is 2.31. The summed E-state index contributed by atoms with van der Waals surface area (Å²) in [6, 6.07) is 13.6. The van der Waals surface area contributed by atoms with E-state index in [1.165, 1.54) is 17.2 Å². The Kier molecular flexibility index (Phi) is 5.82. The van der Waals surface area contributed by atoms with Crippen LogP contribution in [0.3, 0.4) is 0 Å². The van der Waals surface area contributed by atoms with Crippen molar-refractivity contribution in [2.24, 2.45) is 5.10 Å². The van der Waals surface area contributed by atoms with Gasteiger partial charge < -0.3 is 10.1 Å². The number of anilines is 2. The van der Waals surface area contributed by atoms with Crippen molar-refractivity contribution in [1.82, 2.24) is 10.3 Å². The van der Waals surface area contributed by atoms with Crippen molar-refractivity contribution in [2.75, 3.05) is 43.2 Å². The Hall–Kier alpha value is -3.56. The van der Waals surface area contributed by atoms with E-state index in [0.29, 0.717) is 44.3 Å². The zero-order chi connectivity index (χ0) is 20.9. The highest BCUT2D eigenvalue weighted by atomic mass is 16.5. The third-order valence-corrected chi connectivity index (χ3v) is 4.85. The molecule has 2 heterocycles. The first-order chi connectivity index (χ1) is 14.6. The van der Waals surface area contributed by atoms with E-state index in [2.05, 4.69) is 20.7 Å². The summed E-state index contributed by atoms with van der Waals surface area (Å²) in [6.45, 7) is 2.96. The van der Waals surface area contributed by atoms with Crippen molar-refractivity contribution < 1.29 is 19.1 Å². The number of morpholine rings is 1. The highest BCUT2D eigenvalue weighted by Gasteiger charge is 2.37. The Labute approximate surface area is 173 Å². The molecule has 0 spiro atoms. The average molecular weight is 407 g/mol. The van der Waals surface area contributed by atoms with Gasteiger partial charge in [-0.1, -0.05) is 30.3 Å². The lowest BCUT2D eigenvalue weighted by Crippen LogP contribution is -2.45. The van der Waals surface area contributed by atoms with Crippen LogP contribution in [0, 0.1) is 0 Å². The van der Waals surface area contributed by atoms with E-state index in [1.807, 2.05) is 30.3 Å². The summed E-state index contributed by atoms with van der Waals surface area (Å²) < 4.78 is 5.32. The molecule has 0 bridgehead atoms. The molecule has 0 aromatic heterocycles. The minimum Gasteiger partial charge on any atom is -0.379 e. The first kappa shape index (κ1) is 19.7. The monoisotopic (exact) mass is 407 g/mol. The molecule has 2 aliphatic heterocycles. The van der Waals surface area contributed by atoms with E-state index in [1.54, 1.807) is 12.1 Å². The number of nitrogens with one attached hydrogen (secondary N) is 2. The average Bonchev–Trinajstić information content (AvgIpc) is 3.00. The molecule has 0 radical (unpaired) electrons. The Morgan fingerprint density at radius 1 is 1.10 bits per heavy atom. The number of urea groups is 1. The van der Waals surface area contributed by atoms with Crippen LogP contribution in [-0.2, 0) is 9.53 Å². The Morgan fingerprint density at radius 3 is 2.63 bits per heavy atom. The summed E-state index contributed by atoms with van der Waals surface area (Å²) in [4.78, 5) is 40.5. The van der Waals surface area contributed by atoms with Crippen LogP contribution < -0.4 is 15.6 Å². The number of nitrogens with zero attached hydrogens (tertiary/aromatic N) is 3. The van der Waals surface area contributed by atoms with Gasteiger partial charge in [-0.25, -0.2) is 10.2 Å². The van der Waals surface area contributed by atoms with Gasteiger partial charge in [-0.3, -0.25) is 19.4 Å². The van der Waals surface area contributed by atoms with Gasteiger partial charge in [0.15, 0.2) is 0 Å². The number of hydrogen-bond donors (Lipinski definition) is 2. The fraction of sp³-hybridized carbons (Fsp3) is 0.238. The summed E-state index contributed by atoms with van der Waals surface area (Å²) >= 11 is 0. The number of amides is 3. The molecule has 1 saturated heterocycles. The minimum atomic E-state index is -0.579. The van der Waals surface area contributed by atoms with E-state index in [0.717, 1.165) is 5.56 Å². The third-order valence-electron chi connectivity index (χ3n) is 4.85. The van der Waals surface area contributed by atoms with Crippen molar-refractivity contribution in [3.63, 3.8) is 0 Å². The van der Waals surface area contributed by atoms with Crippen molar-refractivity contribution in [3.05, 3.63) is 59.7 Å². The van der Waals surface area contributed by atoms with Gasteiger partial charge >= 0.3 is 11.9 Å². The maximum Gasteiger partial charge on any atom is 0.339 e. The summed E-state index contributed by atoms with van der Waals surface area (Å²) in [6.07, 6.45) is 1.52. The molecule has 0 aliphatic carbocycles. The van der Waals surface area contributed by atoms with E-state index >= 15 is 0 Å². The number of carbonyl (C=O) groups excluding carboxylic acids is 3. The normalized spacial score (nSPS) is 16.7. The second-order valence-electron chi connectivity index (χ2n) is 6.90. The predicted octanol–water partition coefficient (Wildman–Crippen LogP) is 1.66. The Balaban J connectivity index is 1.40. The lowest BCUT2D eigenvalue weighted by molar-refractivity contribution is -0.114. The molecule has 0 unspecified atom stereocenters. The second-order valence-corrected chi connectivity index (χ2v) is 6.90. The molecular formula is C21H21N5O4. The molecule has 0 saturated carbocycles. The first-order valence-electron chi connectivity index (χ1n) is 9.57. The number of benzene rings is 2. The van der Waals surface area contributed by atoms with E-state index < -0.39 is 17.7 Å². The summed E-state index contributed by atoms with van der Waals surface area (Å²) in [5, 5.41) is 6.50. The van der Waals surface area contributed by atoms with Gasteiger partial charge in [0, 0.05) is 18.8 Å². The molecule has 9 heteroatoms. The minimum absolute atomic E-state index is 0.277. The topological polar surface area (TPSA) is 103 Å². The number of hydrogen-bond acceptors (Lipinski definition) is 6. The van der Waals surface area contributed by atoms with Gasteiger partial charge in [0.25, 0.3) is 5.78 Å². The standard InChI is InChI=1S/C21H21N5O4/c27-19-17-12-16(23-21(29)24-22-13-15-4-2-1-3-5-15)6-7-18(17)26(20(19)28)14-25-8-10-30-11-9-25/h1-7,12-13H,8-11,14H2,(H2,23,24,29)/b22-13+. The summed E-state index contributed by atoms with van der Waals surface area (Å²) in [5.41, 5.74) is 4.44. The second kappa shape index (κ2) is 8.85. The molecule has 2 aromatic rings. The molecule has 2 aliphatic rings. The zero-order valence-electron chi connectivity index (χ0n) is 16.2. The molecule has 2 aromatic carbocycles. The maximum absolute atomic E-state index is 12.4. The smallest absolute Gasteiger partial charge is 0.339 e. The van der Waals surface area contributed by atoms with Crippen molar-refractivity contribution in [1.29, 1.82) is 0 Å². The summed E-state index contributed by atoms with van der Waals surface area (Å²) in [5.74, 6) is -1.14. The van der Waals surface area contributed by atoms with Crippen LogP contribution in [0.1, 0.15) is 15.9 Å². The molecule has 154 valence electrons. The van der Waals surface area contributed by atoms with Crippen LogP contribution in [0.15, 0.2) is 53.6 Å². The number of carbonyl (C=O) groups is 3. The fourth-order valence-corrected chi connectivity index (χ4v) is 3.32. The molecule has 30 heavy (non-hydrogen) atoms. The van der Waals surface area contributed by atoms with E-state index in [4.69, 9.17) is 4.74 Å². The van der Waals surface area contributed by atoms with Crippen molar-refractivity contribution in [3.8, 4) is 0 Å². The van der Waals surface area contributed by atoms with E-state index in [9.17, 15) is 14.4 Å². The molecule has 0 atom stereocenters. The van der Waals surface area contributed by atoms with Crippen LogP contribution >= 0.6 is 0 Å². The van der Waals surface area contributed by atoms with Crippen LogP contribution in [0.25, 0.3) is 0 Å². The van der Waals surface area contributed by atoms with Crippen LogP contribution in [0.4, 0.5) is 16.2 Å². The maximum atomic E-state index is 12.4. The predicted molar refractivity (Wildman–Crippen MR) is 112 cm³/mol. The third kappa shape index (κ3) is 4.37. The van der Waals surface area contributed by atoms with Gasteiger partial charge in [0.05, 0.1) is 37.3 Å². The zero-order valence-corrected chi connectivity index (χ0v) is 16.2. The molecule has 2 N–H and O–H groups in total. The Bertz CT molecular complexity index is 986. The quantitative estimate of drug-likeness (QED) is 0.446. The highest BCUT2D eigenvalue weighted by molar-refractivity contribution is 6.52. The molecule has 9 nitrogen and oxygen atoms in total. The number of hydrazone groups is 1. The largest absolute Gasteiger partial charge is 0.379 e. The number of fused-ring (bicyclic) bond motifs is 1. The van der Waals surface area contributed by atoms with E-state index in [-0.39, 0.29) is 5.56 Å². The SMILES string of the molecule is O=C(N/N=C/c1ccccc1)Nc1ccc2c(c1)C(=O)C(=O)N2CN1CCOCC1. The fourth-order valence-electron chi connectivity index (χ4n) is 3.32. The molecule has 3 amide bonds. The number of ether oxygens (including phenoxy) is 1. The first-order valence-corrected chi connectivity index (χ1v) is 9.57. The molecular weight excluding hydrogens is 386 g/mol. The van der Waals surface area contributed by atoms with Crippen LogP contribution in [0.2, 0.25) is 0 Å². The lowest BCUT2D eigenvalue weighted by Gasteiger charge is -2.30. The van der Waals surface area contributed by atoms with Crippen molar-refractivity contribution in [2.45, 2.75) is 0 Å². The molecule has 4 rings (SSSR count). The van der Waals surface area contributed by atoms with Crippen LogP contribution in [-0.4, -0.2) is 61.8 Å². The van der Waals surface area contributed by atoms with Gasteiger partial charge in [-0.2, -0.15) is 5.10 Å².